The molecule has 2 heterocycles. The van der Waals surface area contributed by atoms with E-state index in [1.165, 1.54) is 0 Å². The van der Waals surface area contributed by atoms with Crippen molar-refractivity contribution in [2.45, 2.75) is 6.92 Å². The molecule has 0 aliphatic rings. The number of hydrogen-bond acceptors (Lipinski definition) is 5. The van der Waals surface area contributed by atoms with Crippen LogP contribution in [0, 0.1) is 6.92 Å². The zero-order valence-electron chi connectivity index (χ0n) is 18.1. The quantitative estimate of drug-likeness (QED) is 0.277. The molecule has 5 aromatic rings. The lowest BCUT2D eigenvalue weighted by Crippen LogP contribution is -2.19. The van der Waals surface area contributed by atoms with Crippen molar-refractivity contribution in [3.8, 4) is 5.75 Å². The third-order valence-electron chi connectivity index (χ3n) is 5.30. The van der Waals surface area contributed by atoms with Gasteiger partial charge in [-0.3, -0.25) is 10.4 Å². The Bertz CT molecular complexity index is 1440. The summed E-state index contributed by atoms with van der Waals surface area (Å²) in [5.41, 5.74) is 4.29. The summed E-state index contributed by atoms with van der Waals surface area (Å²) in [4.78, 5) is 17.5. The van der Waals surface area contributed by atoms with Crippen LogP contribution in [0.25, 0.3) is 21.8 Å². The molecular formula is C25H22N6O2. The number of carbonyl (C=O) groups excluding carboxylic acids is 1. The summed E-state index contributed by atoms with van der Waals surface area (Å²) in [5.74, 6) is 1.69. The number of pyridine rings is 1. The summed E-state index contributed by atoms with van der Waals surface area (Å²) in [6, 6.07) is 22.5. The van der Waals surface area contributed by atoms with Gasteiger partial charge in [-0.1, -0.05) is 35.9 Å². The number of fused-ring (bicyclic) bond motifs is 3. The van der Waals surface area contributed by atoms with E-state index in [9.17, 15) is 4.79 Å². The maximum atomic E-state index is 12.7. The first kappa shape index (κ1) is 20.3. The average Bonchev–Trinajstić information content (AvgIpc) is 3.25. The lowest BCUT2D eigenvalue weighted by atomic mass is 10.1. The van der Waals surface area contributed by atoms with Gasteiger partial charge in [0.15, 0.2) is 5.82 Å². The molecule has 164 valence electrons. The predicted octanol–water partition coefficient (Wildman–Crippen LogP) is 5.82. The number of amides is 2. The van der Waals surface area contributed by atoms with Crippen molar-refractivity contribution in [3.63, 3.8) is 0 Å². The third kappa shape index (κ3) is 4.14. The Kier molecular flexibility index (Phi) is 5.24. The number of benzene rings is 3. The van der Waals surface area contributed by atoms with Gasteiger partial charge < -0.3 is 15.4 Å². The zero-order valence-corrected chi connectivity index (χ0v) is 18.1. The number of methoxy groups -OCH3 is 1. The monoisotopic (exact) mass is 438 g/mol. The summed E-state index contributed by atoms with van der Waals surface area (Å²) < 4.78 is 5.15. The number of rotatable bonds is 5. The Morgan fingerprint density at radius 1 is 0.879 bits per heavy atom. The number of carbonyl (C=O) groups is 1. The first-order chi connectivity index (χ1) is 16.1. The standard InChI is InChI=1S/C25H22N6O2/c1-15-7-9-16(10-8-15)26-23-21-22(19-5-3-4-6-20(19)28-23)30-31-24(21)29-25(32)27-17-11-13-18(33-2)14-12-17/h3-14H,1-2H3,(H,26,28)(H3,27,29,30,31,32). The number of aryl methyl sites for hydroxylation is 1. The van der Waals surface area contributed by atoms with Crippen LogP contribution in [0.4, 0.5) is 27.8 Å². The molecule has 2 aromatic heterocycles. The highest BCUT2D eigenvalue weighted by atomic mass is 16.5. The fourth-order valence-corrected chi connectivity index (χ4v) is 3.63. The molecule has 4 N–H and O–H groups in total. The van der Waals surface area contributed by atoms with Gasteiger partial charge in [-0.15, -0.1) is 0 Å². The highest BCUT2D eigenvalue weighted by molar-refractivity contribution is 6.15. The van der Waals surface area contributed by atoms with Gasteiger partial charge in [0, 0.05) is 16.8 Å². The molecule has 0 fully saturated rings. The third-order valence-corrected chi connectivity index (χ3v) is 5.30. The minimum atomic E-state index is -0.414. The second kappa shape index (κ2) is 8.51. The van der Waals surface area contributed by atoms with Crippen molar-refractivity contribution < 1.29 is 9.53 Å². The van der Waals surface area contributed by atoms with Crippen LogP contribution in [0.5, 0.6) is 5.75 Å². The van der Waals surface area contributed by atoms with Crippen molar-refractivity contribution in [2.24, 2.45) is 0 Å². The smallest absolute Gasteiger partial charge is 0.324 e. The minimum absolute atomic E-state index is 0.379. The lowest BCUT2D eigenvalue weighted by Gasteiger charge is -2.11. The molecule has 33 heavy (non-hydrogen) atoms. The highest BCUT2D eigenvalue weighted by Gasteiger charge is 2.18. The molecule has 0 unspecified atom stereocenters. The van der Waals surface area contributed by atoms with Gasteiger partial charge in [0.05, 0.1) is 23.5 Å². The molecule has 3 aromatic carbocycles. The van der Waals surface area contributed by atoms with Crippen LogP contribution in [0.1, 0.15) is 5.56 Å². The SMILES string of the molecule is COc1ccc(NC(=O)Nc2n[nH]c3c2c(Nc2ccc(C)cc2)nc2ccccc23)cc1. The fourth-order valence-electron chi connectivity index (χ4n) is 3.63. The van der Waals surface area contributed by atoms with E-state index in [1.54, 1.807) is 31.4 Å². The predicted molar refractivity (Wildman–Crippen MR) is 131 cm³/mol. The van der Waals surface area contributed by atoms with E-state index in [4.69, 9.17) is 9.72 Å². The second-order valence-corrected chi connectivity index (χ2v) is 7.60. The van der Waals surface area contributed by atoms with Gasteiger partial charge in [0.2, 0.25) is 0 Å². The molecule has 0 saturated heterocycles. The number of nitrogens with zero attached hydrogens (tertiary/aromatic N) is 2. The number of ether oxygens (including phenoxy) is 1. The van der Waals surface area contributed by atoms with Gasteiger partial charge in [-0.05, 0) is 49.4 Å². The number of urea groups is 1. The maximum Gasteiger partial charge on any atom is 0.324 e. The van der Waals surface area contributed by atoms with Crippen LogP contribution in [0.2, 0.25) is 0 Å². The number of nitrogens with one attached hydrogen (secondary N) is 4. The van der Waals surface area contributed by atoms with E-state index >= 15 is 0 Å². The van der Waals surface area contributed by atoms with E-state index in [2.05, 4.69) is 26.1 Å². The molecule has 8 heteroatoms. The normalized spacial score (nSPS) is 10.8. The van der Waals surface area contributed by atoms with Crippen molar-refractivity contribution in [3.05, 3.63) is 78.4 Å². The Labute approximate surface area is 190 Å². The summed E-state index contributed by atoms with van der Waals surface area (Å²) in [6.07, 6.45) is 0. The Balaban J connectivity index is 1.51. The van der Waals surface area contributed by atoms with Gasteiger partial charge >= 0.3 is 6.03 Å². The minimum Gasteiger partial charge on any atom is -0.497 e. The molecule has 8 nitrogen and oxygen atoms in total. The summed E-state index contributed by atoms with van der Waals surface area (Å²) in [5, 5.41) is 18.1. The first-order valence-corrected chi connectivity index (χ1v) is 10.4. The number of para-hydroxylation sites is 1. The number of aromatic nitrogens is 3. The molecule has 0 saturated carbocycles. The average molecular weight is 438 g/mol. The molecule has 2 amide bonds. The van der Waals surface area contributed by atoms with Gasteiger partial charge in [0.1, 0.15) is 11.6 Å². The van der Waals surface area contributed by atoms with Crippen LogP contribution in [-0.2, 0) is 0 Å². The number of anilines is 4. The second-order valence-electron chi connectivity index (χ2n) is 7.60. The number of hydrogen-bond donors (Lipinski definition) is 4. The van der Waals surface area contributed by atoms with Gasteiger partial charge in [-0.25, -0.2) is 9.78 Å². The molecular weight excluding hydrogens is 416 g/mol. The number of H-pyrrole nitrogens is 1. The van der Waals surface area contributed by atoms with Crippen LogP contribution < -0.4 is 20.7 Å². The van der Waals surface area contributed by atoms with Crippen LogP contribution >= 0.6 is 0 Å². The summed E-state index contributed by atoms with van der Waals surface area (Å²) in [6.45, 7) is 2.04. The van der Waals surface area contributed by atoms with Crippen LogP contribution in [0.15, 0.2) is 72.8 Å². The van der Waals surface area contributed by atoms with E-state index in [0.717, 1.165) is 27.7 Å². The zero-order chi connectivity index (χ0) is 22.8. The van der Waals surface area contributed by atoms with Gasteiger partial charge in [-0.2, -0.15) is 5.10 Å². The maximum absolute atomic E-state index is 12.7. The highest BCUT2D eigenvalue weighted by Crippen LogP contribution is 2.34. The molecule has 0 aliphatic carbocycles. The summed E-state index contributed by atoms with van der Waals surface area (Å²) in [7, 11) is 1.60. The van der Waals surface area contributed by atoms with Gasteiger partial charge in [0.25, 0.3) is 0 Å². The largest absolute Gasteiger partial charge is 0.497 e. The van der Waals surface area contributed by atoms with E-state index < -0.39 is 6.03 Å². The first-order valence-electron chi connectivity index (χ1n) is 10.4. The van der Waals surface area contributed by atoms with E-state index in [0.29, 0.717) is 28.5 Å². The van der Waals surface area contributed by atoms with Crippen molar-refractivity contribution in [1.29, 1.82) is 0 Å². The van der Waals surface area contributed by atoms with Crippen molar-refractivity contribution in [1.82, 2.24) is 15.2 Å². The summed E-state index contributed by atoms with van der Waals surface area (Å²) >= 11 is 0. The lowest BCUT2D eigenvalue weighted by molar-refractivity contribution is 0.262. The van der Waals surface area contributed by atoms with Crippen molar-refractivity contribution in [2.75, 3.05) is 23.1 Å². The topological polar surface area (TPSA) is 104 Å². The molecule has 0 aliphatic heterocycles. The van der Waals surface area contributed by atoms with E-state index in [-0.39, 0.29) is 0 Å². The van der Waals surface area contributed by atoms with Crippen molar-refractivity contribution >= 4 is 50.8 Å². The molecule has 0 spiro atoms. The Morgan fingerprint density at radius 3 is 2.36 bits per heavy atom. The number of aromatic amines is 1. The van der Waals surface area contributed by atoms with Crippen LogP contribution in [0.3, 0.4) is 0 Å². The fraction of sp³-hybridized carbons (Fsp3) is 0.0800. The Hall–Kier alpha value is -4.59. The molecule has 0 bridgehead atoms. The molecule has 0 radical (unpaired) electrons. The van der Waals surface area contributed by atoms with Crippen LogP contribution in [-0.4, -0.2) is 28.3 Å². The molecule has 5 rings (SSSR count). The van der Waals surface area contributed by atoms with E-state index in [1.807, 2.05) is 55.5 Å². The molecule has 0 atom stereocenters. The Morgan fingerprint density at radius 2 is 1.61 bits per heavy atom.